The van der Waals surface area contributed by atoms with Crippen LogP contribution in [0.2, 0.25) is 5.02 Å². The van der Waals surface area contributed by atoms with Gasteiger partial charge in [-0.3, -0.25) is 5.32 Å². The lowest BCUT2D eigenvalue weighted by Gasteiger charge is -2.29. The van der Waals surface area contributed by atoms with Crippen LogP contribution >= 0.6 is 22.9 Å². The fourth-order valence-corrected chi connectivity index (χ4v) is 3.53. The van der Waals surface area contributed by atoms with Gasteiger partial charge in [-0.05, 0) is 30.9 Å². The molecule has 6 nitrogen and oxygen atoms in total. The van der Waals surface area contributed by atoms with Gasteiger partial charge in [0.2, 0.25) is 10.3 Å². The molecule has 8 heteroatoms. The topological polar surface area (TPSA) is 70.2 Å². The van der Waals surface area contributed by atoms with Gasteiger partial charge in [0.05, 0.1) is 10.7 Å². The van der Waals surface area contributed by atoms with E-state index in [1.165, 1.54) is 17.8 Å². The van der Waals surface area contributed by atoms with Crippen LogP contribution in [0.4, 0.5) is 20.7 Å². The van der Waals surface area contributed by atoms with Crippen molar-refractivity contribution >= 4 is 44.9 Å². The lowest BCUT2D eigenvalue weighted by molar-refractivity contribution is 0.262. The molecule has 23 heavy (non-hydrogen) atoms. The van der Waals surface area contributed by atoms with Crippen molar-refractivity contribution in [3.63, 3.8) is 0 Å². The Hall–Kier alpha value is -1.86. The van der Waals surface area contributed by atoms with Gasteiger partial charge in [-0.2, -0.15) is 0 Å². The number of aromatic nitrogens is 2. The maximum Gasteiger partial charge on any atom is 0.325 e. The molecule has 2 aromatic rings. The van der Waals surface area contributed by atoms with Crippen LogP contribution in [0.1, 0.15) is 19.8 Å². The Bertz CT molecular complexity index is 692. The van der Waals surface area contributed by atoms with Crippen LogP contribution in [-0.4, -0.2) is 29.3 Å². The SMILES string of the molecule is CC1CCCN(c2nnc(NC(=O)Nc3ccccc3Cl)s2)C1. The molecule has 0 bridgehead atoms. The van der Waals surface area contributed by atoms with E-state index in [0.29, 0.717) is 21.8 Å². The molecule has 122 valence electrons. The number of hydrogen-bond acceptors (Lipinski definition) is 5. The van der Waals surface area contributed by atoms with Gasteiger partial charge in [0.25, 0.3) is 0 Å². The van der Waals surface area contributed by atoms with Crippen LogP contribution in [0.3, 0.4) is 0 Å². The second-order valence-corrected chi connectivity index (χ2v) is 7.01. The Morgan fingerprint density at radius 2 is 2.17 bits per heavy atom. The molecular formula is C15H18ClN5OS. The molecule has 3 rings (SSSR count). The fraction of sp³-hybridized carbons (Fsp3) is 0.400. The van der Waals surface area contributed by atoms with Crippen LogP contribution < -0.4 is 15.5 Å². The minimum Gasteiger partial charge on any atom is -0.346 e. The second kappa shape index (κ2) is 7.14. The van der Waals surface area contributed by atoms with Crippen molar-refractivity contribution in [2.24, 2.45) is 5.92 Å². The lowest BCUT2D eigenvalue weighted by Crippen LogP contribution is -2.34. The third kappa shape index (κ3) is 4.11. The second-order valence-electron chi connectivity index (χ2n) is 5.64. The number of nitrogens with one attached hydrogen (secondary N) is 2. The maximum absolute atomic E-state index is 12.0. The van der Waals surface area contributed by atoms with Crippen molar-refractivity contribution in [1.82, 2.24) is 10.2 Å². The molecule has 1 aromatic carbocycles. The fourth-order valence-electron chi connectivity index (χ4n) is 2.57. The third-order valence-corrected chi connectivity index (χ3v) is 4.91. The lowest BCUT2D eigenvalue weighted by atomic mass is 10.0. The van der Waals surface area contributed by atoms with Gasteiger partial charge >= 0.3 is 6.03 Å². The summed E-state index contributed by atoms with van der Waals surface area (Å²) in [6.45, 7) is 4.22. The Kier molecular flexibility index (Phi) is 4.97. The summed E-state index contributed by atoms with van der Waals surface area (Å²) < 4.78 is 0. The highest BCUT2D eigenvalue weighted by molar-refractivity contribution is 7.19. The number of para-hydroxylation sites is 1. The molecule has 0 spiro atoms. The van der Waals surface area contributed by atoms with Crippen molar-refractivity contribution in [3.8, 4) is 0 Å². The summed E-state index contributed by atoms with van der Waals surface area (Å²) in [5.74, 6) is 0.660. The van der Waals surface area contributed by atoms with Crippen molar-refractivity contribution in [2.45, 2.75) is 19.8 Å². The van der Waals surface area contributed by atoms with E-state index in [2.05, 4.69) is 32.7 Å². The minimum atomic E-state index is -0.382. The number of benzene rings is 1. The third-order valence-electron chi connectivity index (χ3n) is 3.68. The first-order valence-electron chi connectivity index (χ1n) is 7.53. The molecule has 2 heterocycles. The molecule has 1 aromatic heterocycles. The van der Waals surface area contributed by atoms with Crippen LogP contribution in [0.25, 0.3) is 0 Å². The van der Waals surface area contributed by atoms with Crippen LogP contribution in [0.15, 0.2) is 24.3 Å². The smallest absolute Gasteiger partial charge is 0.325 e. The first kappa shape index (κ1) is 16.0. The summed E-state index contributed by atoms with van der Waals surface area (Å²) in [4.78, 5) is 14.2. The van der Waals surface area contributed by atoms with Crippen molar-refractivity contribution in [3.05, 3.63) is 29.3 Å². The summed E-state index contributed by atoms with van der Waals surface area (Å²) in [6.07, 6.45) is 2.41. The number of amides is 2. The number of hydrogen-bond donors (Lipinski definition) is 2. The molecule has 0 saturated carbocycles. The number of piperidine rings is 1. The van der Waals surface area contributed by atoms with E-state index in [0.717, 1.165) is 24.6 Å². The van der Waals surface area contributed by atoms with E-state index in [1.54, 1.807) is 12.1 Å². The standard InChI is InChI=1S/C15H18ClN5OS/c1-10-5-4-8-21(9-10)15-20-19-14(23-15)18-13(22)17-12-7-3-2-6-11(12)16/h2-3,6-7,10H,4-5,8-9H2,1H3,(H2,17,18,19,22). The summed E-state index contributed by atoms with van der Waals surface area (Å²) in [6, 6.07) is 6.69. The van der Waals surface area contributed by atoms with E-state index in [1.807, 2.05) is 12.1 Å². The van der Waals surface area contributed by atoms with Gasteiger partial charge in [-0.25, -0.2) is 4.79 Å². The molecule has 2 N–H and O–H groups in total. The van der Waals surface area contributed by atoms with Gasteiger partial charge in [-0.1, -0.05) is 42.0 Å². The molecule has 1 aliphatic rings. The summed E-state index contributed by atoms with van der Waals surface area (Å²) in [5, 5.41) is 15.4. The van der Waals surface area contributed by atoms with Gasteiger partial charge < -0.3 is 10.2 Å². The zero-order valence-electron chi connectivity index (χ0n) is 12.8. The van der Waals surface area contributed by atoms with Gasteiger partial charge in [-0.15, -0.1) is 10.2 Å². The molecule has 1 atom stereocenters. The summed E-state index contributed by atoms with van der Waals surface area (Å²) in [5.41, 5.74) is 0.557. The zero-order valence-corrected chi connectivity index (χ0v) is 14.3. The Morgan fingerprint density at radius 1 is 1.35 bits per heavy atom. The molecule has 0 aliphatic carbocycles. The normalized spacial score (nSPS) is 17.8. The molecule has 1 saturated heterocycles. The largest absolute Gasteiger partial charge is 0.346 e. The quantitative estimate of drug-likeness (QED) is 0.874. The van der Waals surface area contributed by atoms with Gasteiger partial charge in [0.15, 0.2) is 0 Å². The highest BCUT2D eigenvalue weighted by atomic mass is 35.5. The number of carbonyl (C=O) groups excluding carboxylic acids is 1. The van der Waals surface area contributed by atoms with Gasteiger partial charge in [0, 0.05) is 13.1 Å². The van der Waals surface area contributed by atoms with Crippen molar-refractivity contribution in [1.29, 1.82) is 0 Å². The monoisotopic (exact) mass is 351 g/mol. The van der Waals surface area contributed by atoms with Crippen LogP contribution in [0.5, 0.6) is 0 Å². The van der Waals surface area contributed by atoms with Crippen LogP contribution in [-0.2, 0) is 0 Å². The highest BCUT2D eigenvalue weighted by Crippen LogP contribution is 2.28. The number of halogens is 1. The first-order valence-corrected chi connectivity index (χ1v) is 8.72. The van der Waals surface area contributed by atoms with Gasteiger partial charge in [0.1, 0.15) is 0 Å². The summed E-state index contributed by atoms with van der Waals surface area (Å²) >= 11 is 7.40. The average molecular weight is 352 g/mol. The molecular weight excluding hydrogens is 334 g/mol. The first-order chi connectivity index (χ1) is 11.1. The number of carbonyl (C=O) groups is 1. The predicted octanol–water partition coefficient (Wildman–Crippen LogP) is 4.07. The van der Waals surface area contributed by atoms with E-state index >= 15 is 0 Å². The molecule has 0 radical (unpaired) electrons. The minimum absolute atomic E-state index is 0.382. The number of anilines is 3. The molecule has 1 aliphatic heterocycles. The Labute approximate surface area is 143 Å². The summed E-state index contributed by atoms with van der Waals surface area (Å²) in [7, 11) is 0. The molecule has 1 fully saturated rings. The Balaban J connectivity index is 1.60. The van der Waals surface area contributed by atoms with E-state index in [4.69, 9.17) is 11.6 Å². The predicted molar refractivity (Wildman–Crippen MR) is 94.6 cm³/mol. The zero-order chi connectivity index (χ0) is 16.2. The number of nitrogens with zero attached hydrogens (tertiary/aromatic N) is 3. The molecule has 2 amide bonds. The maximum atomic E-state index is 12.0. The molecule has 1 unspecified atom stereocenters. The average Bonchev–Trinajstić information content (AvgIpc) is 2.98. The number of rotatable bonds is 3. The van der Waals surface area contributed by atoms with Crippen molar-refractivity contribution in [2.75, 3.05) is 28.6 Å². The highest BCUT2D eigenvalue weighted by Gasteiger charge is 2.20. The van der Waals surface area contributed by atoms with E-state index in [9.17, 15) is 4.79 Å². The van der Waals surface area contributed by atoms with Crippen LogP contribution in [0, 0.1) is 5.92 Å². The van der Waals surface area contributed by atoms with Crippen molar-refractivity contribution < 1.29 is 4.79 Å². The van der Waals surface area contributed by atoms with E-state index in [-0.39, 0.29) is 6.03 Å². The van der Waals surface area contributed by atoms with E-state index < -0.39 is 0 Å². The Morgan fingerprint density at radius 3 is 2.96 bits per heavy atom. The number of urea groups is 1.